The minimum atomic E-state index is -0.705. The van der Waals surface area contributed by atoms with Gasteiger partial charge in [0.2, 0.25) is 0 Å². The highest BCUT2D eigenvalue weighted by atomic mass is 35.5. The molecule has 0 saturated carbocycles. The van der Waals surface area contributed by atoms with E-state index in [9.17, 15) is 9.59 Å². The SMILES string of the molecule is COc1cc(OC)cc(C(=O)OCC(=O)Nc2ncc(Cl)c(C)c2Cl)c1. The van der Waals surface area contributed by atoms with Crippen molar-refractivity contribution in [2.45, 2.75) is 6.92 Å². The van der Waals surface area contributed by atoms with Crippen molar-refractivity contribution in [1.29, 1.82) is 0 Å². The molecule has 138 valence electrons. The van der Waals surface area contributed by atoms with E-state index in [1.54, 1.807) is 13.0 Å². The highest BCUT2D eigenvalue weighted by Crippen LogP contribution is 2.28. The number of anilines is 1. The van der Waals surface area contributed by atoms with Crippen molar-refractivity contribution in [1.82, 2.24) is 4.98 Å². The summed E-state index contributed by atoms with van der Waals surface area (Å²) < 4.78 is 15.2. The Kier molecular flexibility index (Phi) is 6.65. The highest BCUT2D eigenvalue weighted by molar-refractivity contribution is 6.37. The lowest BCUT2D eigenvalue weighted by molar-refractivity contribution is -0.119. The lowest BCUT2D eigenvalue weighted by atomic mass is 10.2. The van der Waals surface area contributed by atoms with Crippen molar-refractivity contribution in [3.63, 3.8) is 0 Å². The number of carbonyl (C=O) groups excluding carboxylic acids is 2. The van der Waals surface area contributed by atoms with E-state index >= 15 is 0 Å². The number of rotatable bonds is 6. The van der Waals surface area contributed by atoms with Crippen molar-refractivity contribution < 1.29 is 23.8 Å². The molecule has 1 aromatic heterocycles. The number of benzene rings is 1. The molecule has 1 aromatic carbocycles. The molecule has 2 aromatic rings. The van der Waals surface area contributed by atoms with Gasteiger partial charge >= 0.3 is 5.97 Å². The van der Waals surface area contributed by atoms with Crippen molar-refractivity contribution in [3.05, 3.63) is 45.6 Å². The van der Waals surface area contributed by atoms with E-state index in [2.05, 4.69) is 10.3 Å². The van der Waals surface area contributed by atoms with Crippen LogP contribution in [-0.2, 0) is 9.53 Å². The minimum Gasteiger partial charge on any atom is -0.497 e. The first kappa shape index (κ1) is 19.8. The van der Waals surface area contributed by atoms with E-state index in [0.29, 0.717) is 22.1 Å². The van der Waals surface area contributed by atoms with Gasteiger partial charge in [-0.05, 0) is 24.6 Å². The van der Waals surface area contributed by atoms with Gasteiger partial charge in [0, 0.05) is 12.3 Å². The molecule has 0 bridgehead atoms. The van der Waals surface area contributed by atoms with Crippen LogP contribution in [0, 0.1) is 6.92 Å². The van der Waals surface area contributed by atoms with Crippen LogP contribution in [0.5, 0.6) is 11.5 Å². The average molecular weight is 399 g/mol. The summed E-state index contributed by atoms with van der Waals surface area (Å²) in [7, 11) is 2.92. The Labute approximate surface area is 160 Å². The number of aromatic nitrogens is 1. The van der Waals surface area contributed by atoms with Gasteiger partial charge in [-0.2, -0.15) is 0 Å². The Bertz CT molecular complexity index is 820. The number of nitrogens with one attached hydrogen (secondary N) is 1. The van der Waals surface area contributed by atoms with E-state index in [-0.39, 0.29) is 16.4 Å². The summed E-state index contributed by atoms with van der Waals surface area (Å²) in [6.07, 6.45) is 1.37. The summed E-state index contributed by atoms with van der Waals surface area (Å²) in [4.78, 5) is 28.0. The Morgan fingerprint density at radius 1 is 1.12 bits per heavy atom. The summed E-state index contributed by atoms with van der Waals surface area (Å²) >= 11 is 12.0. The van der Waals surface area contributed by atoms with Crippen molar-refractivity contribution in [3.8, 4) is 11.5 Å². The molecule has 1 heterocycles. The minimum absolute atomic E-state index is 0.137. The fraction of sp³-hybridized carbons (Fsp3) is 0.235. The third kappa shape index (κ3) is 4.77. The predicted molar refractivity (Wildman–Crippen MR) is 97.5 cm³/mol. The molecule has 0 spiro atoms. The summed E-state index contributed by atoms with van der Waals surface area (Å²) in [5, 5.41) is 3.06. The maximum absolute atomic E-state index is 12.1. The molecule has 7 nitrogen and oxygen atoms in total. The van der Waals surface area contributed by atoms with Gasteiger partial charge in [0.15, 0.2) is 12.4 Å². The van der Waals surface area contributed by atoms with Crippen molar-refractivity contribution in [2.75, 3.05) is 26.1 Å². The first-order chi connectivity index (χ1) is 12.3. The van der Waals surface area contributed by atoms with Gasteiger partial charge in [-0.15, -0.1) is 0 Å². The number of amides is 1. The van der Waals surface area contributed by atoms with Crippen LogP contribution in [0.4, 0.5) is 5.82 Å². The van der Waals surface area contributed by atoms with Gasteiger partial charge in [0.05, 0.1) is 29.8 Å². The van der Waals surface area contributed by atoms with Gasteiger partial charge in [0.25, 0.3) is 5.91 Å². The van der Waals surface area contributed by atoms with Crippen molar-refractivity contribution in [2.24, 2.45) is 0 Å². The standard InChI is InChI=1S/C17H16Cl2N2O5/c1-9-13(18)7-20-16(15(9)19)21-14(22)8-26-17(23)10-4-11(24-2)6-12(5-10)25-3/h4-7H,8H2,1-3H3,(H,20,21,22). The van der Waals surface area contributed by atoms with Gasteiger partial charge in [0.1, 0.15) is 11.5 Å². The molecule has 0 atom stereocenters. The lowest BCUT2D eigenvalue weighted by Crippen LogP contribution is -2.21. The zero-order valence-corrected chi connectivity index (χ0v) is 15.8. The van der Waals surface area contributed by atoms with Gasteiger partial charge in [-0.25, -0.2) is 9.78 Å². The van der Waals surface area contributed by atoms with Crippen LogP contribution in [0.1, 0.15) is 15.9 Å². The second-order valence-corrected chi connectivity index (χ2v) is 5.90. The quantitative estimate of drug-likeness (QED) is 0.749. The summed E-state index contributed by atoms with van der Waals surface area (Å²) in [6.45, 7) is 1.18. The molecule has 0 fully saturated rings. The Balaban J connectivity index is 2.01. The second-order valence-electron chi connectivity index (χ2n) is 5.12. The van der Waals surface area contributed by atoms with Gasteiger partial charge < -0.3 is 19.5 Å². The number of hydrogen-bond acceptors (Lipinski definition) is 6. The lowest BCUT2D eigenvalue weighted by Gasteiger charge is -2.10. The molecule has 0 saturated heterocycles. The molecule has 0 aliphatic heterocycles. The molecule has 9 heteroatoms. The second kappa shape index (κ2) is 8.73. The summed E-state index contributed by atoms with van der Waals surface area (Å²) in [5.41, 5.74) is 0.770. The van der Waals surface area contributed by atoms with Crippen LogP contribution in [0.15, 0.2) is 24.4 Å². The average Bonchev–Trinajstić information content (AvgIpc) is 2.66. The largest absolute Gasteiger partial charge is 0.497 e. The van der Waals surface area contributed by atoms with Crippen LogP contribution < -0.4 is 14.8 Å². The fourth-order valence-corrected chi connectivity index (χ4v) is 2.34. The molecular formula is C17H16Cl2N2O5. The maximum atomic E-state index is 12.1. The van der Waals surface area contributed by atoms with E-state index in [1.807, 2.05) is 0 Å². The van der Waals surface area contributed by atoms with Crippen LogP contribution in [0.3, 0.4) is 0 Å². The molecular weight excluding hydrogens is 383 g/mol. The molecule has 0 aliphatic rings. The first-order valence-corrected chi connectivity index (χ1v) is 8.12. The zero-order chi connectivity index (χ0) is 19.3. The number of halogens is 2. The summed E-state index contributed by atoms with van der Waals surface area (Å²) in [5.74, 6) is -0.313. The zero-order valence-electron chi connectivity index (χ0n) is 14.3. The number of esters is 1. The van der Waals surface area contributed by atoms with Crippen LogP contribution in [0.2, 0.25) is 10.0 Å². The monoisotopic (exact) mass is 398 g/mol. The van der Waals surface area contributed by atoms with Gasteiger partial charge in [-0.3, -0.25) is 4.79 Å². The van der Waals surface area contributed by atoms with Crippen molar-refractivity contribution >= 4 is 40.9 Å². The number of methoxy groups -OCH3 is 2. The van der Waals surface area contributed by atoms with E-state index in [1.165, 1.54) is 32.5 Å². The number of carbonyl (C=O) groups is 2. The molecule has 0 radical (unpaired) electrons. The highest BCUT2D eigenvalue weighted by Gasteiger charge is 2.15. The molecule has 0 unspecified atom stereocenters. The smallest absolute Gasteiger partial charge is 0.338 e. The van der Waals surface area contributed by atoms with Crippen LogP contribution >= 0.6 is 23.2 Å². The predicted octanol–water partition coefficient (Wildman–Crippen LogP) is 3.51. The molecule has 26 heavy (non-hydrogen) atoms. The third-order valence-corrected chi connectivity index (χ3v) is 4.23. The molecule has 1 amide bonds. The molecule has 0 aliphatic carbocycles. The summed E-state index contributed by atoms with van der Waals surface area (Å²) in [6, 6.07) is 4.56. The Hall–Kier alpha value is -2.51. The van der Waals surface area contributed by atoms with E-state index in [4.69, 9.17) is 37.4 Å². The Morgan fingerprint density at radius 2 is 1.73 bits per heavy atom. The fourth-order valence-electron chi connectivity index (χ4n) is 1.95. The van der Waals surface area contributed by atoms with Crippen LogP contribution in [-0.4, -0.2) is 37.7 Å². The number of nitrogens with zero attached hydrogens (tertiary/aromatic N) is 1. The van der Waals surface area contributed by atoms with E-state index < -0.39 is 18.5 Å². The maximum Gasteiger partial charge on any atom is 0.338 e. The molecule has 2 rings (SSSR count). The number of pyridine rings is 1. The third-order valence-electron chi connectivity index (χ3n) is 3.38. The van der Waals surface area contributed by atoms with E-state index in [0.717, 1.165) is 0 Å². The van der Waals surface area contributed by atoms with Crippen LogP contribution in [0.25, 0.3) is 0 Å². The normalized spacial score (nSPS) is 10.2. The van der Waals surface area contributed by atoms with Gasteiger partial charge in [-0.1, -0.05) is 23.2 Å². The first-order valence-electron chi connectivity index (χ1n) is 7.36. The Morgan fingerprint density at radius 3 is 2.31 bits per heavy atom. The number of ether oxygens (including phenoxy) is 3. The number of hydrogen-bond donors (Lipinski definition) is 1. The topological polar surface area (TPSA) is 86.8 Å². The molecule has 1 N–H and O–H groups in total.